The van der Waals surface area contributed by atoms with Crippen molar-refractivity contribution in [2.75, 3.05) is 12.5 Å². The molecule has 2 aliphatic rings. The lowest BCUT2D eigenvalue weighted by Crippen LogP contribution is -2.29. The van der Waals surface area contributed by atoms with Crippen LogP contribution < -0.4 is 26.9 Å². The molecule has 29 heavy (non-hydrogen) atoms. The van der Waals surface area contributed by atoms with Crippen molar-refractivity contribution in [3.8, 4) is 17.4 Å². The lowest BCUT2D eigenvalue weighted by molar-refractivity contribution is 0.415. The molecule has 3 N–H and O–H groups in total. The maximum Gasteiger partial charge on any atom is 0.299 e. The number of imidazole rings is 1. The van der Waals surface area contributed by atoms with Crippen LogP contribution >= 0.6 is 0 Å². The Morgan fingerprint density at radius 3 is 2.52 bits per heavy atom. The molecule has 2 aliphatic heterocycles. The van der Waals surface area contributed by atoms with E-state index in [0.29, 0.717) is 11.7 Å². The number of nitrogen functional groups attached to an aromatic ring is 1. The van der Waals surface area contributed by atoms with Crippen molar-refractivity contribution in [3.63, 3.8) is 0 Å². The Morgan fingerprint density at radius 2 is 1.83 bits per heavy atom. The van der Waals surface area contributed by atoms with Crippen LogP contribution in [0.1, 0.15) is 5.56 Å². The first kappa shape index (κ1) is 17.0. The Balaban J connectivity index is 1.81. The second kappa shape index (κ2) is 6.46. The van der Waals surface area contributed by atoms with Gasteiger partial charge in [0.1, 0.15) is 11.1 Å². The Labute approximate surface area is 163 Å². The highest BCUT2D eigenvalue weighted by Crippen LogP contribution is 2.21. The van der Waals surface area contributed by atoms with E-state index < -0.39 is 0 Å². The largest absolute Gasteiger partial charge is 0.497 e. The zero-order valence-corrected chi connectivity index (χ0v) is 15.4. The van der Waals surface area contributed by atoms with Crippen LogP contribution in [0.5, 0.6) is 5.75 Å². The SMILES string of the molecule is COc1ccc(/C=c2\nc3n(-c4ccccc4)c4nnc(NN)n4n-3c2=O)cc1. The molecule has 3 aromatic rings. The number of benzene rings is 2. The summed E-state index contributed by atoms with van der Waals surface area (Å²) in [4.78, 5) is 17.7. The molecular weight excluding hydrogens is 372 g/mol. The van der Waals surface area contributed by atoms with Crippen LogP contribution in [0, 0.1) is 0 Å². The van der Waals surface area contributed by atoms with Gasteiger partial charge < -0.3 is 4.74 Å². The van der Waals surface area contributed by atoms with Gasteiger partial charge in [0.25, 0.3) is 17.3 Å². The number of para-hydroxylation sites is 1. The Bertz CT molecular complexity index is 1380. The molecule has 0 atom stereocenters. The highest BCUT2D eigenvalue weighted by Gasteiger charge is 2.26. The van der Waals surface area contributed by atoms with E-state index in [0.717, 1.165) is 17.0 Å². The monoisotopic (exact) mass is 388 g/mol. The number of rotatable bonds is 4. The zero-order chi connectivity index (χ0) is 20.0. The lowest BCUT2D eigenvalue weighted by atomic mass is 10.2. The summed E-state index contributed by atoms with van der Waals surface area (Å²) in [6.07, 6.45) is 1.72. The average molecular weight is 388 g/mol. The van der Waals surface area contributed by atoms with Gasteiger partial charge >= 0.3 is 0 Å². The molecule has 2 aromatic carbocycles. The first-order valence-corrected chi connectivity index (χ1v) is 8.77. The van der Waals surface area contributed by atoms with Gasteiger partial charge in [-0.3, -0.25) is 10.2 Å². The van der Waals surface area contributed by atoms with E-state index >= 15 is 0 Å². The molecule has 1 aromatic heterocycles. The molecule has 144 valence electrons. The van der Waals surface area contributed by atoms with Crippen molar-refractivity contribution in [1.29, 1.82) is 0 Å². The van der Waals surface area contributed by atoms with Gasteiger partial charge in [0.15, 0.2) is 0 Å². The number of hydrazine groups is 1. The minimum Gasteiger partial charge on any atom is -0.497 e. The smallest absolute Gasteiger partial charge is 0.299 e. The average Bonchev–Trinajstić information content (AvgIpc) is 3.39. The molecule has 0 unspecified atom stereocenters. The summed E-state index contributed by atoms with van der Waals surface area (Å²) in [6, 6.07) is 16.9. The Kier molecular flexibility index (Phi) is 3.78. The topological polar surface area (TPSA) is 117 Å². The molecule has 10 nitrogen and oxygen atoms in total. The predicted octanol–water partition coefficient (Wildman–Crippen LogP) is 0.346. The lowest BCUT2D eigenvalue weighted by Gasteiger charge is -2.02. The van der Waals surface area contributed by atoms with Gasteiger partial charge in [-0.25, -0.2) is 15.4 Å². The number of hydrogen-bond acceptors (Lipinski definition) is 7. The summed E-state index contributed by atoms with van der Waals surface area (Å²) in [5, 5.41) is 8.45. The molecule has 0 aliphatic carbocycles. The third-order valence-corrected chi connectivity index (χ3v) is 4.61. The number of fused-ring (bicyclic) bond motifs is 3. The van der Waals surface area contributed by atoms with Gasteiger partial charge in [0.2, 0.25) is 5.95 Å². The van der Waals surface area contributed by atoms with Crippen molar-refractivity contribution in [2.24, 2.45) is 5.84 Å². The molecule has 0 saturated carbocycles. The summed E-state index contributed by atoms with van der Waals surface area (Å²) in [5.74, 6) is 7.35. The van der Waals surface area contributed by atoms with Crippen molar-refractivity contribution in [1.82, 2.24) is 28.9 Å². The molecule has 0 amide bonds. The Morgan fingerprint density at radius 1 is 1.07 bits per heavy atom. The van der Waals surface area contributed by atoms with Crippen LogP contribution in [0.2, 0.25) is 0 Å². The van der Waals surface area contributed by atoms with E-state index in [4.69, 9.17) is 10.6 Å². The minimum absolute atomic E-state index is 0.227. The number of ether oxygens (including phenoxy) is 1. The van der Waals surface area contributed by atoms with E-state index in [1.54, 1.807) is 17.8 Å². The van der Waals surface area contributed by atoms with Crippen LogP contribution in [0.4, 0.5) is 5.95 Å². The van der Waals surface area contributed by atoms with Crippen LogP contribution in [0.25, 0.3) is 23.5 Å². The summed E-state index contributed by atoms with van der Waals surface area (Å²) < 4.78 is 9.82. The molecule has 0 radical (unpaired) electrons. The number of hydrogen-bond donors (Lipinski definition) is 2. The quantitative estimate of drug-likeness (QED) is 0.337. The number of nitrogens with two attached hydrogens (primary N) is 1. The zero-order valence-electron chi connectivity index (χ0n) is 15.4. The van der Waals surface area contributed by atoms with E-state index in [9.17, 15) is 4.79 Å². The number of methoxy groups -OCH3 is 1. The number of nitrogens with one attached hydrogen (secondary N) is 1. The van der Waals surface area contributed by atoms with Gasteiger partial charge in [-0.15, -0.1) is 10.2 Å². The van der Waals surface area contributed by atoms with Crippen molar-refractivity contribution < 1.29 is 4.74 Å². The van der Waals surface area contributed by atoms with Crippen molar-refractivity contribution in [2.45, 2.75) is 0 Å². The molecule has 0 spiro atoms. The third kappa shape index (κ3) is 2.54. The standard InChI is InChI=1S/C19H16N8O2/c1-29-14-9-7-12(8-10-14)11-15-16(28)26-18(21-15)25(13-5-3-2-4-6-13)19-24-23-17(22-20)27(19)26/h2-11H,20H2,1H3,(H,22,23)/b15-11-. The molecular formula is C19H16N8O2. The highest BCUT2D eigenvalue weighted by molar-refractivity contribution is 5.54. The molecule has 0 bridgehead atoms. The predicted molar refractivity (Wildman–Crippen MR) is 106 cm³/mol. The van der Waals surface area contributed by atoms with Gasteiger partial charge in [-0.1, -0.05) is 30.3 Å². The number of aromatic nitrogens is 6. The van der Waals surface area contributed by atoms with Crippen LogP contribution in [0.3, 0.4) is 0 Å². The number of anilines is 1. The molecule has 5 rings (SSSR count). The first-order valence-electron chi connectivity index (χ1n) is 8.77. The summed E-state index contributed by atoms with van der Waals surface area (Å²) >= 11 is 0. The van der Waals surface area contributed by atoms with E-state index in [-0.39, 0.29) is 16.9 Å². The van der Waals surface area contributed by atoms with Crippen molar-refractivity contribution in [3.05, 3.63) is 75.9 Å². The first-order chi connectivity index (χ1) is 14.2. The molecule has 10 heteroatoms. The van der Waals surface area contributed by atoms with Crippen LogP contribution in [-0.2, 0) is 0 Å². The van der Waals surface area contributed by atoms with Crippen molar-refractivity contribution >= 4 is 17.8 Å². The second-order valence-electron chi connectivity index (χ2n) is 6.28. The third-order valence-electron chi connectivity index (χ3n) is 4.61. The van der Waals surface area contributed by atoms with Gasteiger partial charge in [-0.05, 0) is 35.9 Å². The van der Waals surface area contributed by atoms with E-state index in [2.05, 4.69) is 20.6 Å². The maximum atomic E-state index is 13.2. The molecule has 0 saturated heterocycles. The van der Waals surface area contributed by atoms with Crippen LogP contribution in [0.15, 0.2) is 59.4 Å². The summed E-state index contributed by atoms with van der Waals surface area (Å²) in [5.41, 5.74) is 3.78. The summed E-state index contributed by atoms with van der Waals surface area (Å²) in [6.45, 7) is 0. The summed E-state index contributed by atoms with van der Waals surface area (Å²) in [7, 11) is 1.60. The van der Waals surface area contributed by atoms with E-state index in [1.807, 2.05) is 54.6 Å². The normalized spacial score (nSPS) is 12.1. The fourth-order valence-corrected chi connectivity index (χ4v) is 3.26. The second-order valence-corrected chi connectivity index (χ2v) is 6.28. The van der Waals surface area contributed by atoms with E-state index in [1.165, 1.54) is 9.20 Å². The fraction of sp³-hybridized carbons (Fsp3) is 0.0526. The van der Waals surface area contributed by atoms with Crippen LogP contribution in [-0.4, -0.2) is 36.1 Å². The molecule has 3 heterocycles. The maximum absolute atomic E-state index is 13.2. The van der Waals surface area contributed by atoms with Gasteiger partial charge in [-0.2, -0.15) is 9.20 Å². The van der Waals surface area contributed by atoms with Gasteiger partial charge in [0.05, 0.1) is 12.8 Å². The Hall–Kier alpha value is -4.18. The minimum atomic E-state index is -0.313. The highest BCUT2D eigenvalue weighted by atomic mass is 16.5. The van der Waals surface area contributed by atoms with Gasteiger partial charge in [0, 0.05) is 0 Å². The number of nitrogens with zero attached hydrogens (tertiary/aromatic N) is 6. The fourth-order valence-electron chi connectivity index (χ4n) is 3.26. The molecule has 0 fully saturated rings.